The standard InChI is InChI=1S/C50H58N8O10S/c1-30(2)36-7-4-5-8-37(36)40-9-6-20-56(40)34-27-50(28-34)17-21-55(22-18-50)33-10-11-38(42(24-33)68-44-23-32-14-19-51-46(32)53-47(44)58(63)64)48(59)54-69(65,66)35-25-41(57(61)62)45-43(26-35)67-29-39(52-45)31-12-15-49(3,60)16-13-31/h4-5,7-8,10-11,14,19,23-26,30-31,34,39-40,52,60H,6,9,12-13,15-18,20-22,27-29H2,1-3H3,(H,51,53)(H,54,59)/t31-,39-,40-,49-/m1/s1. The van der Waals surface area contributed by atoms with Crippen LogP contribution >= 0.6 is 0 Å². The molecule has 4 N–H and O–H groups in total. The van der Waals surface area contributed by atoms with Crippen molar-refractivity contribution in [2.75, 3.05) is 36.5 Å². The molecule has 5 aliphatic rings. The number of piperidine rings is 1. The van der Waals surface area contributed by atoms with Crippen molar-refractivity contribution in [3.05, 3.63) is 110 Å². The number of carbonyl (C=O) groups is 1. The van der Waals surface area contributed by atoms with Crippen molar-refractivity contribution in [3.63, 3.8) is 0 Å². The Labute approximate surface area is 400 Å². The predicted molar refractivity (Wildman–Crippen MR) is 259 cm³/mol. The summed E-state index contributed by atoms with van der Waals surface area (Å²) in [6, 6.07) is 19.3. The van der Waals surface area contributed by atoms with Crippen molar-refractivity contribution >= 4 is 49.8 Å². The molecule has 0 unspecified atom stereocenters. The number of sulfonamides is 1. The minimum Gasteiger partial charge on any atom is -0.489 e. The van der Waals surface area contributed by atoms with Crippen LogP contribution in [0.5, 0.6) is 17.2 Å². The van der Waals surface area contributed by atoms with E-state index in [4.69, 9.17) is 9.47 Å². The van der Waals surface area contributed by atoms with Crippen molar-refractivity contribution in [2.45, 2.75) is 120 Å². The molecule has 5 heterocycles. The van der Waals surface area contributed by atoms with Gasteiger partial charge in [-0.05, 0) is 134 Å². The number of benzene rings is 3. The fraction of sp³-hybridized carbons (Fsp3) is 0.480. The summed E-state index contributed by atoms with van der Waals surface area (Å²) in [5.74, 6) is -1.68. The molecular formula is C50H58N8O10S. The van der Waals surface area contributed by atoms with E-state index in [1.54, 1.807) is 31.3 Å². The van der Waals surface area contributed by atoms with Crippen LogP contribution in [0.25, 0.3) is 11.0 Å². The Bertz CT molecular complexity index is 2930. The van der Waals surface area contributed by atoms with E-state index in [9.17, 15) is 38.5 Å². The van der Waals surface area contributed by atoms with Gasteiger partial charge in [-0.3, -0.25) is 19.8 Å². The number of likely N-dealkylation sites (tertiary alicyclic amines) is 1. The molecule has 3 aromatic carbocycles. The van der Waals surface area contributed by atoms with Gasteiger partial charge in [-0.25, -0.2) is 13.1 Å². The van der Waals surface area contributed by atoms with E-state index in [2.05, 4.69) is 67.9 Å². The highest BCUT2D eigenvalue weighted by molar-refractivity contribution is 7.90. The number of aromatic amines is 1. The Kier molecular flexibility index (Phi) is 12.0. The van der Waals surface area contributed by atoms with Gasteiger partial charge in [-0.15, -0.1) is 0 Å². The molecule has 2 saturated carbocycles. The van der Waals surface area contributed by atoms with Gasteiger partial charge in [0, 0.05) is 66.7 Å². The zero-order chi connectivity index (χ0) is 48.4. The molecule has 1 amide bonds. The maximum absolute atomic E-state index is 14.2. The number of nitro benzene ring substituents is 1. The molecule has 0 radical (unpaired) electrons. The van der Waals surface area contributed by atoms with E-state index in [0.29, 0.717) is 54.8 Å². The van der Waals surface area contributed by atoms with E-state index in [0.717, 1.165) is 57.5 Å². The van der Waals surface area contributed by atoms with Crippen LogP contribution in [-0.2, 0) is 10.0 Å². The summed E-state index contributed by atoms with van der Waals surface area (Å²) in [7, 11) is -4.79. The molecule has 0 bridgehead atoms. The summed E-state index contributed by atoms with van der Waals surface area (Å²) >= 11 is 0. The van der Waals surface area contributed by atoms with Gasteiger partial charge in [-0.2, -0.15) is 0 Å². The zero-order valence-electron chi connectivity index (χ0n) is 39.0. The molecule has 2 atom stereocenters. The maximum atomic E-state index is 14.2. The van der Waals surface area contributed by atoms with Gasteiger partial charge >= 0.3 is 5.82 Å². The Balaban J connectivity index is 0.885. The molecule has 5 aromatic rings. The lowest BCUT2D eigenvalue weighted by atomic mass is 9.59. The number of hydrogen-bond donors (Lipinski definition) is 4. The van der Waals surface area contributed by atoms with Crippen molar-refractivity contribution in [3.8, 4) is 17.2 Å². The van der Waals surface area contributed by atoms with E-state index in [-0.39, 0.29) is 58.1 Å². The highest BCUT2D eigenvalue weighted by atomic mass is 32.2. The summed E-state index contributed by atoms with van der Waals surface area (Å²) in [6.07, 6.45) is 10.6. The molecule has 2 saturated heterocycles. The lowest BCUT2D eigenvalue weighted by Crippen LogP contribution is -2.54. The Hall–Kier alpha value is -6.31. The van der Waals surface area contributed by atoms with Crippen LogP contribution in [0.3, 0.4) is 0 Å². The van der Waals surface area contributed by atoms with Gasteiger partial charge in [0.15, 0.2) is 11.4 Å². The summed E-state index contributed by atoms with van der Waals surface area (Å²) in [5, 5.41) is 38.9. The van der Waals surface area contributed by atoms with Gasteiger partial charge in [0.2, 0.25) is 5.75 Å². The average molecular weight is 963 g/mol. The molecule has 2 aromatic heterocycles. The van der Waals surface area contributed by atoms with Crippen molar-refractivity contribution in [2.24, 2.45) is 11.3 Å². The topological polar surface area (TPSA) is 235 Å². The first kappa shape index (κ1) is 46.4. The summed E-state index contributed by atoms with van der Waals surface area (Å²) < 4.78 is 42.3. The summed E-state index contributed by atoms with van der Waals surface area (Å²) in [6.45, 7) is 8.97. The molecule has 19 heteroatoms. The number of anilines is 2. The van der Waals surface area contributed by atoms with Crippen LogP contribution < -0.4 is 24.4 Å². The van der Waals surface area contributed by atoms with E-state index in [1.807, 2.05) is 0 Å². The number of carbonyl (C=O) groups excluding carboxylic acids is 1. The highest BCUT2D eigenvalue weighted by Gasteiger charge is 2.50. The lowest BCUT2D eigenvalue weighted by Gasteiger charge is -2.56. The quantitative estimate of drug-likeness (QED) is 0.0674. The maximum Gasteiger partial charge on any atom is 0.409 e. The highest BCUT2D eigenvalue weighted by Crippen LogP contribution is 2.54. The third-order valence-corrected chi connectivity index (χ3v) is 16.9. The monoisotopic (exact) mass is 962 g/mol. The number of nitrogens with one attached hydrogen (secondary N) is 3. The summed E-state index contributed by atoms with van der Waals surface area (Å²) in [5.41, 5.74) is 2.50. The smallest absolute Gasteiger partial charge is 0.409 e. The average Bonchev–Trinajstić information content (AvgIpc) is 4.00. The summed E-state index contributed by atoms with van der Waals surface area (Å²) in [4.78, 5) is 48.8. The third kappa shape index (κ3) is 9.07. The molecule has 10 rings (SSSR count). The van der Waals surface area contributed by atoms with Gasteiger partial charge < -0.3 is 39.9 Å². The third-order valence-electron chi connectivity index (χ3n) is 15.6. The largest absolute Gasteiger partial charge is 0.489 e. The van der Waals surface area contributed by atoms with Crippen LogP contribution in [0, 0.1) is 31.6 Å². The van der Waals surface area contributed by atoms with Crippen LogP contribution in [0.15, 0.2) is 77.8 Å². The first-order chi connectivity index (χ1) is 33.0. The zero-order valence-corrected chi connectivity index (χ0v) is 39.8. The SMILES string of the molecule is CC(C)c1ccccc1[C@H]1CCCN1C1CC2(CCN(c3ccc(C(=O)NS(=O)(=O)c4cc5c(c([N+](=O)[O-])c4)N[C@@H]([C@H]4CC[C@](C)(O)CC4)CO5)c(Oc4cc5cc[nH]c5nc4[N+](=O)[O-])c3)CC2)C1. The van der Waals surface area contributed by atoms with Gasteiger partial charge in [0.1, 0.15) is 12.4 Å². The van der Waals surface area contributed by atoms with Gasteiger partial charge in [0.05, 0.1) is 27.0 Å². The van der Waals surface area contributed by atoms with Gasteiger partial charge in [-0.1, -0.05) is 38.1 Å². The molecule has 364 valence electrons. The fourth-order valence-corrected chi connectivity index (χ4v) is 12.7. The number of aromatic nitrogens is 2. The van der Waals surface area contributed by atoms with E-state index in [1.165, 1.54) is 36.1 Å². The number of H-pyrrole nitrogens is 1. The first-order valence-electron chi connectivity index (χ1n) is 24.0. The second-order valence-electron chi connectivity index (χ2n) is 20.4. The molecule has 3 aliphatic heterocycles. The van der Waals surface area contributed by atoms with E-state index >= 15 is 0 Å². The molecular weight excluding hydrogens is 905 g/mol. The number of fused-ring (bicyclic) bond motifs is 2. The number of pyridine rings is 1. The Morgan fingerprint density at radius 2 is 1.71 bits per heavy atom. The molecule has 18 nitrogen and oxygen atoms in total. The van der Waals surface area contributed by atoms with Crippen LogP contribution in [0.2, 0.25) is 0 Å². The molecule has 69 heavy (non-hydrogen) atoms. The van der Waals surface area contributed by atoms with Crippen molar-refractivity contribution in [1.29, 1.82) is 0 Å². The molecule has 2 aliphatic carbocycles. The number of hydrogen-bond acceptors (Lipinski definition) is 14. The number of aliphatic hydroxyl groups is 1. The number of nitro groups is 2. The molecule has 1 spiro atoms. The minimum absolute atomic E-state index is 0.0315. The fourth-order valence-electron chi connectivity index (χ4n) is 11.7. The lowest BCUT2D eigenvalue weighted by molar-refractivity contribution is -0.390. The Morgan fingerprint density at radius 1 is 0.957 bits per heavy atom. The van der Waals surface area contributed by atoms with Crippen molar-refractivity contribution < 1.29 is 37.6 Å². The Morgan fingerprint density at radius 3 is 2.43 bits per heavy atom. The second-order valence-corrected chi connectivity index (χ2v) is 22.1. The van der Waals surface area contributed by atoms with Crippen LogP contribution in [0.1, 0.15) is 118 Å². The normalized spacial score (nSPS) is 23.8. The second kappa shape index (κ2) is 17.9. The number of ether oxygens (including phenoxy) is 2. The minimum atomic E-state index is -4.79. The number of nitrogens with zero attached hydrogens (tertiary/aromatic N) is 5. The first-order valence-corrected chi connectivity index (χ1v) is 25.5. The molecule has 4 fully saturated rings. The van der Waals surface area contributed by atoms with E-state index < -0.39 is 47.8 Å². The van der Waals surface area contributed by atoms with Gasteiger partial charge in [0.25, 0.3) is 27.3 Å². The van der Waals surface area contributed by atoms with Crippen LogP contribution in [0.4, 0.5) is 22.9 Å². The predicted octanol–water partition coefficient (Wildman–Crippen LogP) is 9.11. The number of rotatable bonds is 12. The van der Waals surface area contributed by atoms with Crippen molar-refractivity contribution in [1.82, 2.24) is 19.6 Å². The van der Waals surface area contributed by atoms with Crippen LogP contribution in [-0.4, -0.2) is 88.1 Å². The number of amides is 1.